The standard InChI is InChI=1S/C6H13N/c1-5-3-6(2,7)4-5/h5H,3-4,7H2,1-2H3. The quantitative estimate of drug-likeness (QED) is 0.484. The molecule has 0 aromatic carbocycles. The fourth-order valence-corrected chi connectivity index (χ4v) is 1.53. The van der Waals surface area contributed by atoms with Gasteiger partial charge in [-0.3, -0.25) is 0 Å². The molecule has 7 heavy (non-hydrogen) atoms. The van der Waals surface area contributed by atoms with Crippen LogP contribution in [0.1, 0.15) is 26.7 Å². The van der Waals surface area contributed by atoms with Crippen molar-refractivity contribution in [2.75, 3.05) is 0 Å². The van der Waals surface area contributed by atoms with Crippen molar-refractivity contribution in [3.63, 3.8) is 0 Å². The molecular formula is C6H13N. The van der Waals surface area contributed by atoms with Gasteiger partial charge in [0.2, 0.25) is 0 Å². The molecule has 0 heterocycles. The second-order valence-electron chi connectivity index (χ2n) is 3.17. The Balaban J connectivity index is 2.29. The third-order valence-corrected chi connectivity index (χ3v) is 1.63. The molecule has 0 aromatic heterocycles. The second-order valence-corrected chi connectivity index (χ2v) is 3.17. The molecule has 0 aromatic rings. The lowest BCUT2D eigenvalue weighted by atomic mass is 9.71. The largest absolute Gasteiger partial charge is 0.325 e. The van der Waals surface area contributed by atoms with Crippen LogP contribution >= 0.6 is 0 Å². The molecule has 0 atom stereocenters. The molecule has 1 aliphatic rings. The van der Waals surface area contributed by atoms with Gasteiger partial charge >= 0.3 is 0 Å². The van der Waals surface area contributed by atoms with E-state index in [9.17, 15) is 0 Å². The summed E-state index contributed by atoms with van der Waals surface area (Å²) in [5.41, 5.74) is 5.91. The lowest BCUT2D eigenvalue weighted by molar-refractivity contribution is 0.184. The zero-order chi connectivity index (χ0) is 5.49. The molecule has 0 aliphatic heterocycles. The Morgan fingerprint density at radius 1 is 1.57 bits per heavy atom. The van der Waals surface area contributed by atoms with Gasteiger partial charge in [-0.2, -0.15) is 0 Å². The van der Waals surface area contributed by atoms with Crippen LogP contribution in [0.25, 0.3) is 0 Å². The topological polar surface area (TPSA) is 26.0 Å². The molecule has 1 nitrogen and oxygen atoms in total. The van der Waals surface area contributed by atoms with E-state index in [-0.39, 0.29) is 5.54 Å². The van der Waals surface area contributed by atoms with Crippen molar-refractivity contribution in [3.05, 3.63) is 0 Å². The van der Waals surface area contributed by atoms with Gasteiger partial charge in [-0.05, 0) is 25.7 Å². The molecule has 0 saturated heterocycles. The molecule has 0 radical (unpaired) electrons. The minimum atomic E-state index is 0.194. The highest BCUT2D eigenvalue weighted by Gasteiger charge is 2.32. The molecule has 42 valence electrons. The van der Waals surface area contributed by atoms with E-state index in [1.165, 1.54) is 12.8 Å². The predicted octanol–water partition coefficient (Wildman–Crippen LogP) is 1.13. The minimum absolute atomic E-state index is 0.194. The molecule has 0 spiro atoms. The second kappa shape index (κ2) is 1.22. The van der Waals surface area contributed by atoms with Crippen LogP contribution in [0.15, 0.2) is 0 Å². The monoisotopic (exact) mass is 99.1 g/mol. The summed E-state index contributed by atoms with van der Waals surface area (Å²) in [7, 11) is 0. The zero-order valence-corrected chi connectivity index (χ0v) is 5.07. The summed E-state index contributed by atoms with van der Waals surface area (Å²) in [6.45, 7) is 4.36. The molecule has 1 saturated carbocycles. The lowest BCUT2D eigenvalue weighted by Gasteiger charge is -2.40. The lowest BCUT2D eigenvalue weighted by Crippen LogP contribution is -2.47. The van der Waals surface area contributed by atoms with Crippen molar-refractivity contribution in [1.82, 2.24) is 0 Å². The first-order valence-electron chi connectivity index (χ1n) is 2.89. The van der Waals surface area contributed by atoms with Crippen LogP contribution in [0.3, 0.4) is 0 Å². The van der Waals surface area contributed by atoms with Gasteiger partial charge in [0.05, 0.1) is 0 Å². The predicted molar refractivity (Wildman–Crippen MR) is 31.0 cm³/mol. The van der Waals surface area contributed by atoms with Crippen molar-refractivity contribution in [2.24, 2.45) is 11.7 Å². The summed E-state index contributed by atoms with van der Waals surface area (Å²) in [6.07, 6.45) is 2.43. The highest BCUT2D eigenvalue weighted by atomic mass is 14.8. The summed E-state index contributed by atoms with van der Waals surface area (Å²) in [5.74, 6) is 0.884. The Morgan fingerprint density at radius 3 is 2.00 bits per heavy atom. The van der Waals surface area contributed by atoms with E-state index in [0.29, 0.717) is 0 Å². The molecular weight excluding hydrogens is 86.1 g/mol. The molecule has 2 N–H and O–H groups in total. The number of nitrogens with two attached hydrogens (primary N) is 1. The van der Waals surface area contributed by atoms with Crippen molar-refractivity contribution < 1.29 is 0 Å². The summed E-state index contributed by atoms with van der Waals surface area (Å²) in [6, 6.07) is 0. The van der Waals surface area contributed by atoms with Crippen molar-refractivity contribution in [2.45, 2.75) is 32.2 Å². The van der Waals surface area contributed by atoms with Gasteiger partial charge in [0, 0.05) is 5.54 Å². The Morgan fingerprint density at radius 2 is 2.00 bits per heavy atom. The summed E-state index contributed by atoms with van der Waals surface area (Å²) in [5, 5.41) is 0. The van der Waals surface area contributed by atoms with Crippen LogP contribution in [-0.4, -0.2) is 5.54 Å². The maximum Gasteiger partial charge on any atom is 0.0131 e. The summed E-state index contributed by atoms with van der Waals surface area (Å²) >= 11 is 0. The third-order valence-electron chi connectivity index (χ3n) is 1.63. The SMILES string of the molecule is CC1CC(C)(N)C1. The Kier molecular flexibility index (Phi) is 0.890. The van der Waals surface area contributed by atoms with Gasteiger partial charge in [-0.1, -0.05) is 6.92 Å². The first-order chi connectivity index (χ1) is 3.10. The van der Waals surface area contributed by atoms with Crippen LogP contribution < -0.4 is 5.73 Å². The normalized spacial score (nSPS) is 51.0. The van der Waals surface area contributed by atoms with Crippen LogP contribution in [0.2, 0.25) is 0 Å². The average molecular weight is 99.2 g/mol. The Hall–Kier alpha value is -0.0400. The average Bonchev–Trinajstić information content (AvgIpc) is 1.27. The summed E-state index contributed by atoms with van der Waals surface area (Å²) < 4.78 is 0. The van der Waals surface area contributed by atoms with Gasteiger partial charge in [-0.25, -0.2) is 0 Å². The highest BCUT2D eigenvalue weighted by Crippen LogP contribution is 2.34. The Bertz CT molecular complexity index is 68.2. The number of hydrogen-bond donors (Lipinski definition) is 1. The smallest absolute Gasteiger partial charge is 0.0131 e. The maximum atomic E-state index is 5.71. The molecule has 0 amide bonds. The van der Waals surface area contributed by atoms with Crippen molar-refractivity contribution in [1.29, 1.82) is 0 Å². The first-order valence-corrected chi connectivity index (χ1v) is 2.89. The van der Waals surface area contributed by atoms with E-state index in [2.05, 4.69) is 13.8 Å². The fraction of sp³-hybridized carbons (Fsp3) is 1.00. The maximum absolute atomic E-state index is 5.71. The van der Waals surface area contributed by atoms with E-state index < -0.39 is 0 Å². The van der Waals surface area contributed by atoms with E-state index in [0.717, 1.165) is 5.92 Å². The molecule has 1 aliphatic carbocycles. The molecule has 0 unspecified atom stereocenters. The molecule has 1 fully saturated rings. The summed E-state index contributed by atoms with van der Waals surface area (Å²) in [4.78, 5) is 0. The Labute approximate surface area is 44.9 Å². The van der Waals surface area contributed by atoms with E-state index in [1.807, 2.05) is 0 Å². The highest BCUT2D eigenvalue weighted by molar-refractivity contribution is 4.91. The molecule has 0 bridgehead atoms. The van der Waals surface area contributed by atoms with Gasteiger partial charge < -0.3 is 5.73 Å². The number of hydrogen-bond acceptors (Lipinski definition) is 1. The third kappa shape index (κ3) is 0.942. The van der Waals surface area contributed by atoms with E-state index in [4.69, 9.17) is 5.73 Å². The van der Waals surface area contributed by atoms with Gasteiger partial charge in [0.15, 0.2) is 0 Å². The van der Waals surface area contributed by atoms with Crippen molar-refractivity contribution >= 4 is 0 Å². The van der Waals surface area contributed by atoms with E-state index in [1.54, 1.807) is 0 Å². The van der Waals surface area contributed by atoms with E-state index >= 15 is 0 Å². The van der Waals surface area contributed by atoms with Gasteiger partial charge in [0.25, 0.3) is 0 Å². The van der Waals surface area contributed by atoms with Gasteiger partial charge in [-0.15, -0.1) is 0 Å². The number of rotatable bonds is 0. The van der Waals surface area contributed by atoms with Crippen LogP contribution in [0.5, 0.6) is 0 Å². The van der Waals surface area contributed by atoms with Gasteiger partial charge in [0.1, 0.15) is 0 Å². The van der Waals surface area contributed by atoms with Crippen LogP contribution in [0, 0.1) is 5.92 Å². The van der Waals surface area contributed by atoms with Crippen LogP contribution in [-0.2, 0) is 0 Å². The van der Waals surface area contributed by atoms with Crippen LogP contribution in [0.4, 0.5) is 0 Å². The first kappa shape index (κ1) is 5.10. The molecule has 1 rings (SSSR count). The minimum Gasteiger partial charge on any atom is -0.325 e. The fourth-order valence-electron chi connectivity index (χ4n) is 1.53. The zero-order valence-electron chi connectivity index (χ0n) is 5.07. The van der Waals surface area contributed by atoms with Crippen molar-refractivity contribution in [3.8, 4) is 0 Å². The molecule has 1 heteroatoms.